The molecule has 1 atom stereocenters. The number of aromatic nitrogens is 4. The molecule has 38 heavy (non-hydrogen) atoms. The molecule has 10 heteroatoms. The molecule has 1 unspecified atom stereocenters. The number of benzene rings is 2. The van der Waals surface area contributed by atoms with E-state index in [4.69, 9.17) is 9.47 Å². The molecule has 1 aromatic heterocycles. The van der Waals surface area contributed by atoms with E-state index in [9.17, 15) is 9.59 Å². The van der Waals surface area contributed by atoms with Gasteiger partial charge in [0.25, 0.3) is 0 Å². The zero-order valence-corrected chi connectivity index (χ0v) is 22.3. The second kappa shape index (κ2) is 13.0. The van der Waals surface area contributed by atoms with Gasteiger partial charge in [0.1, 0.15) is 12.6 Å². The Bertz CT molecular complexity index is 1210. The van der Waals surface area contributed by atoms with Crippen LogP contribution in [0.3, 0.4) is 0 Å². The van der Waals surface area contributed by atoms with Crippen LogP contribution in [-0.4, -0.2) is 63.2 Å². The van der Waals surface area contributed by atoms with E-state index in [2.05, 4.69) is 20.7 Å². The van der Waals surface area contributed by atoms with E-state index < -0.39 is 6.04 Å². The second-order valence-corrected chi connectivity index (χ2v) is 9.51. The van der Waals surface area contributed by atoms with Crippen LogP contribution in [0.5, 0.6) is 11.5 Å². The van der Waals surface area contributed by atoms with Crippen molar-refractivity contribution in [3.8, 4) is 22.9 Å². The number of tetrazole rings is 1. The molecule has 202 valence electrons. The van der Waals surface area contributed by atoms with Crippen LogP contribution < -0.4 is 14.8 Å². The van der Waals surface area contributed by atoms with Crippen LogP contribution in [0.2, 0.25) is 0 Å². The molecule has 0 saturated heterocycles. The number of methoxy groups -OCH3 is 2. The lowest BCUT2D eigenvalue weighted by molar-refractivity contribution is -0.142. The summed E-state index contributed by atoms with van der Waals surface area (Å²) in [5.41, 5.74) is 1.63. The highest BCUT2D eigenvalue weighted by Gasteiger charge is 2.31. The molecule has 1 aliphatic rings. The number of ether oxygens (including phenoxy) is 2. The van der Waals surface area contributed by atoms with Crippen LogP contribution in [0.15, 0.2) is 48.5 Å². The molecule has 2 aromatic carbocycles. The van der Waals surface area contributed by atoms with Gasteiger partial charge in [0.15, 0.2) is 11.5 Å². The predicted molar refractivity (Wildman–Crippen MR) is 142 cm³/mol. The first-order valence-electron chi connectivity index (χ1n) is 13.2. The van der Waals surface area contributed by atoms with Gasteiger partial charge in [-0.05, 0) is 48.2 Å². The minimum atomic E-state index is -0.581. The molecule has 0 spiro atoms. The Balaban J connectivity index is 1.55. The van der Waals surface area contributed by atoms with E-state index in [-0.39, 0.29) is 24.4 Å². The maximum atomic E-state index is 13.7. The summed E-state index contributed by atoms with van der Waals surface area (Å²) >= 11 is 0. The lowest BCUT2D eigenvalue weighted by atomic mass is 10.1. The van der Waals surface area contributed by atoms with Crippen molar-refractivity contribution in [2.45, 2.75) is 70.6 Å². The first kappa shape index (κ1) is 27.1. The molecule has 10 nitrogen and oxygen atoms in total. The molecule has 3 aromatic rings. The Morgan fingerprint density at radius 2 is 1.82 bits per heavy atom. The summed E-state index contributed by atoms with van der Waals surface area (Å²) in [5.74, 6) is 1.15. The van der Waals surface area contributed by atoms with Gasteiger partial charge in [0.05, 0.1) is 14.2 Å². The molecule has 1 N–H and O–H groups in total. The summed E-state index contributed by atoms with van der Waals surface area (Å²) in [6.07, 6.45) is 5.55. The molecular formula is C28H36N6O4. The monoisotopic (exact) mass is 520 g/mol. The molecule has 0 aliphatic heterocycles. The minimum absolute atomic E-state index is 0.0967. The highest BCUT2D eigenvalue weighted by atomic mass is 16.5. The fraction of sp³-hybridized carbons (Fsp3) is 0.464. The highest BCUT2D eigenvalue weighted by Crippen LogP contribution is 2.30. The minimum Gasteiger partial charge on any atom is -0.493 e. The molecular weight excluding hydrogens is 484 g/mol. The summed E-state index contributed by atoms with van der Waals surface area (Å²) in [5, 5.41) is 15.9. The molecule has 1 aliphatic carbocycles. The maximum absolute atomic E-state index is 13.7. The van der Waals surface area contributed by atoms with E-state index in [0.29, 0.717) is 35.9 Å². The SMILES string of the molecule is CCCC(C(=O)NC1CCCC1)N(Cc1ccccc1)C(=O)Cn1nnc(-c2ccc(OC)c(OC)c2)n1. The maximum Gasteiger partial charge on any atom is 0.247 e. The van der Waals surface area contributed by atoms with Gasteiger partial charge >= 0.3 is 0 Å². The average molecular weight is 521 g/mol. The van der Waals surface area contributed by atoms with Gasteiger partial charge in [-0.3, -0.25) is 9.59 Å². The smallest absolute Gasteiger partial charge is 0.247 e. The van der Waals surface area contributed by atoms with Gasteiger partial charge in [-0.15, -0.1) is 10.2 Å². The van der Waals surface area contributed by atoms with Crippen LogP contribution in [-0.2, 0) is 22.7 Å². The number of hydrogen-bond acceptors (Lipinski definition) is 7. The van der Waals surface area contributed by atoms with Crippen molar-refractivity contribution in [3.05, 3.63) is 54.1 Å². The largest absolute Gasteiger partial charge is 0.493 e. The number of carbonyl (C=O) groups excluding carboxylic acids is 2. The molecule has 1 heterocycles. The molecule has 0 bridgehead atoms. The normalized spacial score (nSPS) is 14.2. The van der Waals surface area contributed by atoms with Crippen molar-refractivity contribution < 1.29 is 19.1 Å². The van der Waals surface area contributed by atoms with Crippen LogP contribution in [0.1, 0.15) is 51.0 Å². The molecule has 1 saturated carbocycles. The van der Waals surface area contributed by atoms with Gasteiger partial charge in [0, 0.05) is 18.2 Å². The number of carbonyl (C=O) groups is 2. The predicted octanol–water partition coefficient (Wildman–Crippen LogP) is 3.61. The summed E-state index contributed by atoms with van der Waals surface area (Å²) in [6.45, 7) is 2.21. The third kappa shape index (κ3) is 6.67. The van der Waals surface area contributed by atoms with E-state index in [1.807, 2.05) is 37.3 Å². The van der Waals surface area contributed by atoms with Crippen molar-refractivity contribution >= 4 is 11.8 Å². The van der Waals surface area contributed by atoms with Gasteiger partial charge in [-0.25, -0.2) is 0 Å². The molecule has 2 amide bonds. The first-order chi connectivity index (χ1) is 18.5. The Morgan fingerprint density at radius 3 is 2.50 bits per heavy atom. The highest BCUT2D eigenvalue weighted by molar-refractivity contribution is 5.87. The average Bonchev–Trinajstić information content (AvgIpc) is 3.63. The summed E-state index contributed by atoms with van der Waals surface area (Å²) in [4.78, 5) is 30.0. The Hall–Kier alpha value is -3.95. The third-order valence-electron chi connectivity index (χ3n) is 6.83. The lowest BCUT2D eigenvalue weighted by Gasteiger charge is -2.32. The summed E-state index contributed by atoms with van der Waals surface area (Å²) < 4.78 is 10.7. The standard InChI is InChI=1S/C28H36N6O4/c1-4-10-23(28(36)29-22-13-8-9-14-22)33(18-20-11-6-5-7-12-20)26(35)19-34-31-27(30-32-34)21-15-16-24(37-2)25(17-21)38-3/h5-7,11-12,15-17,22-23H,4,8-10,13-14,18-19H2,1-3H3,(H,29,36). The third-order valence-corrected chi connectivity index (χ3v) is 6.83. The number of hydrogen-bond donors (Lipinski definition) is 1. The fourth-order valence-electron chi connectivity index (χ4n) is 4.83. The summed E-state index contributed by atoms with van der Waals surface area (Å²) in [6, 6.07) is 14.6. The molecule has 0 radical (unpaired) electrons. The Labute approximate surface area is 223 Å². The Morgan fingerprint density at radius 1 is 1.08 bits per heavy atom. The topological polar surface area (TPSA) is 111 Å². The fourth-order valence-corrected chi connectivity index (χ4v) is 4.83. The van der Waals surface area contributed by atoms with Gasteiger partial charge in [-0.2, -0.15) is 4.80 Å². The Kier molecular flexibility index (Phi) is 9.29. The van der Waals surface area contributed by atoms with Crippen molar-refractivity contribution in [3.63, 3.8) is 0 Å². The second-order valence-electron chi connectivity index (χ2n) is 9.51. The lowest BCUT2D eigenvalue weighted by Crippen LogP contribution is -2.52. The number of nitrogens with zero attached hydrogens (tertiary/aromatic N) is 5. The van der Waals surface area contributed by atoms with E-state index in [1.54, 1.807) is 37.3 Å². The van der Waals surface area contributed by atoms with Crippen LogP contribution in [0, 0.1) is 0 Å². The van der Waals surface area contributed by atoms with E-state index in [0.717, 1.165) is 37.7 Å². The van der Waals surface area contributed by atoms with Gasteiger partial charge in [-0.1, -0.05) is 56.5 Å². The van der Waals surface area contributed by atoms with Gasteiger partial charge in [0.2, 0.25) is 17.6 Å². The molecule has 4 rings (SSSR count). The zero-order chi connectivity index (χ0) is 26.9. The van der Waals surface area contributed by atoms with Crippen LogP contribution in [0.25, 0.3) is 11.4 Å². The summed E-state index contributed by atoms with van der Waals surface area (Å²) in [7, 11) is 3.13. The quantitative estimate of drug-likeness (QED) is 0.388. The number of nitrogens with one attached hydrogen (secondary N) is 1. The van der Waals surface area contributed by atoms with Crippen molar-refractivity contribution in [2.24, 2.45) is 0 Å². The van der Waals surface area contributed by atoms with Crippen molar-refractivity contribution in [1.29, 1.82) is 0 Å². The number of rotatable bonds is 12. The first-order valence-corrected chi connectivity index (χ1v) is 13.2. The molecule has 1 fully saturated rings. The van der Waals surface area contributed by atoms with Crippen molar-refractivity contribution in [2.75, 3.05) is 14.2 Å². The van der Waals surface area contributed by atoms with Crippen LogP contribution in [0.4, 0.5) is 0 Å². The van der Waals surface area contributed by atoms with Gasteiger partial charge < -0.3 is 19.7 Å². The van der Waals surface area contributed by atoms with Crippen molar-refractivity contribution in [1.82, 2.24) is 30.4 Å². The van der Waals surface area contributed by atoms with E-state index >= 15 is 0 Å². The van der Waals surface area contributed by atoms with E-state index in [1.165, 1.54) is 4.80 Å². The zero-order valence-electron chi connectivity index (χ0n) is 22.3. The van der Waals surface area contributed by atoms with Crippen LogP contribution >= 0.6 is 0 Å². The number of amides is 2.